The van der Waals surface area contributed by atoms with Gasteiger partial charge in [-0.15, -0.1) is 0 Å². The van der Waals surface area contributed by atoms with Gasteiger partial charge >= 0.3 is 5.97 Å². The molecule has 0 spiro atoms. The molecule has 1 N–H and O–H groups in total. The van der Waals surface area contributed by atoms with E-state index in [4.69, 9.17) is 4.74 Å². The zero-order chi connectivity index (χ0) is 19.2. The molecule has 0 aliphatic heterocycles. The van der Waals surface area contributed by atoms with E-state index >= 15 is 0 Å². The number of nitrogens with zero attached hydrogens (tertiary/aromatic N) is 2. The van der Waals surface area contributed by atoms with Crippen LogP contribution in [0.2, 0.25) is 0 Å². The van der Waals surface area contributed by atoms with E-state index in [0.717, 1.165) is 11.4 Å². The van der Waals surface area contributed by atoms with Crippen LogP contribution in [-0.2, 0) is 9.53 Å². The van der Waals surface area contributed by atoms with Crippen molar-refractivity contribution in [1.82, 2.24) is 4.57 Å². The van der Waals surface area contributed by atoms with E-state index in [1.165, 1.54) is 0 Å². The summed E-state index contributed by atoms with van der Waals surface area (Å²) in [7, 11) is 3.89. The third kappa shape index (κ3) is 4.76. The Morgan fingerprint density at radius 3 is 2.19 bits per heavy atom. The molecule has 0 saturated carbocycles. The summed E-state index contributed by atoms with van der Waals surface area (Å²) in [6, 6.07) is 18.2. The van der Waals surface area contributed by atoms with Crippen LogP contribution < -0.4 is 10.2 Å². The molecule has 6 nitrogen and oxygen atoms in total. The Kier molecular flexibility index (Phi) is 5.56. The van der Waals surface area contributed by atoms with E-state index < -0.39 is 5.97 Å². The smallest absolute Gasteiger partial charge is 0.338 e. The van der Waals surface area contributed by atoms with Gasteiger partial charge in [0.15, 0.2) is 6.61 Å². The maximum Gasteiger partial charge on any atom is 0.338 e. The molecule has 3 rings (SSSR count). The van der Waals surface area contributed by atoms with Crippen LogP contribution in [0.25, 0.3) is 5.69 Å². The van der Waals surface area contributed by atoms with Gasteiger partial charge in [-0.3, -0.25) is 4.79 Å². The predicted octanol–water partition coefficient (Wildman–Crippen LogP) is 3.34. The highest BCUT2D eigenvalue weighted by molar-refractivity contribution is 5.95. The first-order valence-electron chi connectivity index (χ1n) is 8.51. The lowest BCUT2D eigenvalue weighted by molar-refractivity contribution is -0.119. The molecule has 1 aromatic heterocycles. The van der Waals surface area contributed by atoms with Gasteiger partial charge in [0.05, 0.1) is 5.56 Å². The number of nitrogens with one attached hydrogen (secondary N) is 1. The fraction of sp³-hybridized carbons (Fsp3) is 0.143. The van der Waals surface area contributed by atoms with E-state index in [-0.39, 0.29) is 12.5 Å². The minimum Gasteiger partial charge on any atom is -0.452 e. The van der Waals surface area contributed by atoms with Gasteiger partial charge in [-0.25, -0.2) is 4.79 Å². The van der Waals surface area contributed by atoms with Crippen LogP contribution in [0.3, 0.4) is 0 Å². The Balaban J connectivity index is 1.51. The van der Waals surface area contributed by atoms with Crippen molar-refractivity contribution >= 4 is 23.3 Å². The summed E-state index contributed by atoms with van der Waals surface area (Å²) in [4.78, 5) is 26.0. The molecule has 138 valence electrons. The largest absolute Gasteiger partial charge is 0.452 e. The standard InChI is InChI=1S/C21H21N3O3/c1-23(2)18-11-7-17(8-12-18)22-20(25)15-27-21(26)16-5-9-19(10-6-16)24-13-3-4-14-24/h3-14H,15H2,1-2H3,(H,22,25). The molecular weight excluding hydrogens is 342 g/mol. The van der Waals surface area contributed by atoms with Gasteiger partial charge in [-0.1, -0.05) is 0 Å². The number of aromatic nitrogens is 1. The Labute approximate surface area is 158 Å². The highest BCUT2D eigenvalue weighted by Gasteiger charge is 2.11. The van der Waals surface area contributed by atoms with Crippen molar-refractivity contribution in [3.8, 4) is 5.69 Å². The van der Waals surface area contributed by atoms with Crippen LogP contribution in [0.5, 0.6) is 0 Å². The summed E-state index contributed by atoms with van der Waals surface area (Å²) in [5, 5.41) is 2.70. The SMILES string of the molecule is CN(C)c1ccc(NC(=O)COC(=O)c2ccc(-n3cccc3)cc2)cc1. The lowest BCUT2D eigenvalue weighted by atomic mass is 10.2. The van der Waals surface area contributed by atoms with E-state index in [1.54, 1.807) is 24.3 Å². The second kappa shape index (κ2) is 8.23. The number of hydrogen-bond acceptors (Lipinski definition) is 4. The van der Waals surface area contributed by atoms with E-state index in [9.17, 15) is 9.59 Å². The third-order valence-electron chi connectivity index (χ3n) is 4.01. The number of hydrogen-bond donors (Lipinski definition) is 1. The topological polar surface area (TPSA) is 63.6 Å². The highest BCUT2D eigenvalue weighted by atomic mass is 16.5. The first kappa shape index (κ1) is 18.3. The summed E-state index contributed by atoms with van der Waals surface area (Å²) >= 11 is 0. The second-order valence-corrected chi connectivity index (χ2v) is 6.20. The molecular formula is C21H21N3O3. The molecule has 2 aromatic carbocycles. The maximum atomic E-state index is 12.1. The lowest BCUT2D eigenvalue weighted by Gasteiger charge is -2.13. The number of ether oxygens (including phenoxy) is 1. The summed E-state index contributed by atoms with van der Waals surface area (Å²) < 4.78 is 7.02. The number of carbonyl (C=O) groups is 2. The molecule has 0 unspecified atom stereocenters. The minimum atomic E-state index is -0.535. The van der Waals surface area contributed by atoms with Crippen LogP contribution in [-0.4, -0.2) is 37.1 Å². The summed E-state index contributed by atoms with van der Waals surface area (Å²) in [5.74, 6) is -0.919. The van der Waals surface area contributed by atoms with Gasteiger partial charge in [0.2, 0.25) is 0 Å². The molecule has 1 heterocycles. The monoisotopic (exact) mass is 363 g/mol. The number of anilines is 2. The zero-order valence-corrected chi connectivity index (χ0v) is 15.3. The first-order chi connectivity index (χ1) is 13.0. The minimum absolute atomic E-state index is 0.340. The van der Waals surface area contributed by atoms with Crippen LogP contribution in [0.15, 0.2) is 73.1 Å². The first-order valence-corrected chi connectivity index (χ1v) is 8.51. The van der Waals surface area contributed by atoms with Gasteiger partial charge < -0.3 is 19.5 Å². The second-order valence-electron chi connectivity index (χ2n) is 6.20. The third-order valence-corrected chi connectivity index (χ3v) is 4.01. The van der Waals surface area contributed by atoms with Gasteiger partial charge in [-0.2, -0.15) is 0 Å². The molecule has 27 heavy (non-hydrogen) atoms. The van der Waals surface area contributed by atoms with Gasteiger partial charge in [0, 0.05) is 43.6 Å². The summed E-state index contributed by atoms with van der Waals surface area (Å²) in [6.07, 6.45) is 3.84. The van der Waals surface area contributed by atoms with Crippen molar-refractivity contribution in [3.05, 3.63) is 78.6 Å². The van der Waals surface area contributed by atoms with Crippen molar-refractivity contribution < 1.29 is 14.3 Å². The van der Waals surface area contributed by atoms with E-state index in [2.05, 4.69) is 5.32 Å². The number of esters is 1. The van der Waals surface area contributed by atoms with Crippen molar-refractivity contribution in [3.63, 3.8) is 0 Å². The molecule has 0 atom stereocenters. The number of amides is 1. The summed E-state index contributed by atoms with van der Waals surface area (Å²) in [5.41, 5.74) is 3.02. The Morgan fingerprint density at radius 1 is 0.963 bits per heavy atom. The Morgan fingerprint density at radius 2 is 1.59 bits per heavy atom. The molecule has 0 radical (unpaired) electrons. The van der Waals surface area contributed by atoms with Gasteiger partial charge in [0.1, 0.15) is 0 Å². The quantitative estimate of drug-likeness (QED) is 0.682. The van der Waals surface area contributed by atoms with E-state index in [0.29, 0.717) is 11.3 Å². The normalized spacial score (nSPS) is 10.3. The molecule has 0 aliphatic carbocycles. The number of benzene rings is 2. The molecule has 6 heteroatoms. The average Bonchev–Trinajstić information content (AvgIpc) is 3.21. The Bertz CT molecular complexity index is 899. The lowest BCUT2D eigenvalue weighted by Crippen LogP contribution is -2.21. The van der Waals surface area contributed by atoms with Gasteiger partial charge in [0.25, 0.3) is 5.91 Å². The molecule has 3 aromatic rings. The zero-order valence-electron chi connectivity index (χ0n) is 15.3. The highest BCUT2D eigenvalue weighted by Crippen LogP contribution is 2.15. The maximum absolute atomic E-state index is 12.1. The van der Waals surface area contributed by atoms with Crippen molar-refractivity contribution in [2.45, 2.75) is 0 Å². The number of carbonyl (C=O) groups excluding carboxylic acids is 2. The van der Waals surface area contributed by atoms with Gasteiger partial charge in [-0.05, 0) is 60.7 Å². The summed E-state index contributed by atoms with van der Waals surface area (Å²) in [6.45, 7) is -0.340. The number of rotatable bonds is 6. The molecule has 0 saturated heterocycles. The molecule has 1 amide bonds. The fourth-order valence-corrected chi connectivity index (χ4v) is 2.53. The van der Waals surface area contributed by atoms with Crippen LogP contribution in [0.1, 0.15) is 10.4 Å². The van der Waals surface area contributed by atoms with Crippen molar-refractivity contribution in [2.75, 3.05) is 30.9 Å². The van der Waals surface area contributed by atoms with Crippen LogP contribution in [0.4, 0.5) is 11.4 Å². The predicted molar refractivity (Wildman–Crippen MR) is 105 cm³/mol. The van der Waals surface area contributed by atoms with Crippen LogP contribution in [0, 0.1) is 0 Å². The fourth-order valence-electron chi connectivity index (χ4n) is 2.53. The molecule has 0 fully saturated rings. The average molecular weight is 363 g/mol. The Hall–Kier alpha value is -3.54. The molecule has 0 aliphatic rings. The van der Waals surface area contributed by atoms with Crippen molar-refractivity contribution in [2.24, 2.45) is 0 Å². The van der Waals surface area contributed by atoms with E-state index in [1.807, 2.05) is 72.4 Å². The van der Waals surface area contributed by atoms with Crippen LogP contribution >= 0.6 is 0 Å². The molecule has 0 bridgehead atoms. The van der Waals surface area contributed by atoms with Crippen molar-refractivity contribution in [1.29, 1.82) is 0 Å².